The lowest BCUT2D eigenvalue weighted by Crippen LogP contribution is -2.33. The Labute approximate surface area is 241 Å². The van der Waals surface area contributed by atoms with Crippen molar-refractivity contribution in [3.63, 3.8) is 0 Å². The van der Waals surface area contributed by atoms with Crippen LogP contribution in [0.3, 0.4) is 0 Å². The average molecular weight is 593 g/mol. The molecule has 0 saturated carbocycles. The maximum absolute atomic E-state index is 11.8. The second kappa shape index (κ2) is 14.7. The monoisotopic (exact) mass is 592 g/mol. The topological polar surface area (TPSA) is 144 Å². The van der Waals surface area contributed by atoms with Crippen molar-refractivity contribution < 1.29 is 38.7 Å². The fourth-order valence-electron chi connectivity index (χ4n) is 3.38. The van der Waals surface area contributed by atoms with Crippen LogP contribution in [0.2, 0.25) is 10.0 Å². The summed E-state index contributed by atoms with van der Waals surface area (Å²) in [6, 6.07) is 16.6. The van der Waals surface area contributed by atoms with Gasteiger partial charge in [0.05, 0.1) is 54.6 Å². The SMILES string of the molecule is COc1ccc(O)c(Cl)c1.COc1ccc(OC[C@H](O)CN)c(Cl)c1.O=C1c2ccccc2C(=O)N1C[C@@H]1CO1. The van der Waals surface area contributed by atoms with Crippen LogP contribution in [0, 0.1) is 0 Å². The molecule has 3 aromatic rings. The summed E-state index contributed by atoms with van der Waals surface area (Å²) in [4.78, 5) is 24.9. The minimum Gasteiger partial charge on any atom is -0.506 e. The molecule has 0 radical (unpaired) electrons. The Morgan fingerprint density at radius 2 is 1.52 bits per heavy atom. The van der Waals surface area contributed by atoms with Crippen molar-refractivity contribution in [1.29, 1.82) is 0 Å². The largest absolute Gasteiger partial charge is 0.506 e. The quantitative estimate of drug-likeness (QED) is 0.263. The summed E-state index contributed by atoms with van der Waals surface area (Å²) in [5.41, 5.74) is 6.24. The molecule has 2 heterocycles. The number of rotatable bonds is 8. The normalized spacial score (nSPS) is 15.7. The van der Waals surface area contributed by atoms with E-state index in [0.717, 1.165) is 0 Å². The third kappa shape index (κ3) is 8.48. The summed E-state index contributed by atoms with van der Waals surface area (Å²) in [5.74, 6) is 1.47. The number of fused-ring (bicyclic) bond motifs is 1. The van der Waals surface area contributed by atoms with Gasteiger partial charge in [0.15, 0.2) is 0 Å². The zero-order valence-corrected chi connectivity index (χ0v) is 23.4. The number of hydrogen-bond acceptors (Lipinski definition) is 9. The molecule has 1 saturated heterocycles. The van der Waals surface area contributed by atoms with E-state index in [4.69, 9.17) is 53.0 Å². The van der Waals surface area contributed by atoms with Gasteiger partial charge >= 0.3 is 0 Å². The summed E-state index contributed by atoms with van der Waals surface area (Å²) >= 11 is 11.5. The highest BCUT2D eigenvalue weighted by Crippen LogP contribution is 2.29. The fraction of sp³-hybridized carbons (Fsp3) is 0.286. The molecule has 0 spiro atoms. The first-order valence-corrected chi connectivity index (χ1v) is 12.9. The number of hydrogen-bond donors (Lipinski definition) is 3. The van der Waals surface area contributed by atoms with Gasteiger partial charge in [0.25, 0.3) is 11.8 Å². The van der Waals surface area contributed by atoms with Crippen LogP contribution < -0.4 is 19.9 Å². The number of aromatic hydroxyl groups is 1. The number of phenols is 1. The Morgan fingerprint density at radius 1 is 0.975 bits per heavy atom. The number of imide groups is 1. The lowest BCUT2D eigenvalue weighted by atomic mass is 10.1. The summed E-state index contributed by atoms with van der Waals surface area (Å²) in [5, 5.41) is 18.9. The van der Waals surface area contributed by atoms with Crippen LogP contribution in [-0.4, -0.2) is 79.7 Å². The maximum atomic E-state index is 11.8. The van der Waals surface area contributed by atoms with Gasteiger partial charge in [-0.2, -0.15) is 0 Å². The van der Waals surface area contributed by atoms with Crippen LogP contribution in [0.15, 0.2) is 60.7 Å². The number of epoxide rings is 1. The smallest absolute Gasteiger partial charge is 0.261 e. The van der Waals surface area contributed by atoms with E-state index >= 15 is 0 Å². The van der Waals surface area contributed by atoms with Crippen molar-refractivity contribution in [2.75, 3.05) is 40.5 Å². The van der Waals surface area contributed by atoms with Crippen LogP contribution in [-0.2, 0) is 4.74 Å². The number of carbonyl (C=O) groups is 2. The predicted octanol–water partition coefficient (Wildman–Crippen LogP) is 3.78. The van der Waals surface area contributed by atoms with Gasteiger partial charge < -0.3 is 34.9 Å². The third-order valence-corrected chi connectivity index (χ3v) is 6.26. The molecule has 0 aliphatic carbocycles. The molecule has 4 N–H and O–H groups in total. The highest BCUT2D eigenvalue weighted by Gasteiger charge is 2.39. The van der Waals surface area contributed by atoms with Crippen molar-refractivity contribution in [3.05, 3.63) is 81.8 Å². The van der Waals surface area contributed by atoms with Crippen molar-refractivity contribution in [3.8, 4) is 23.0 Å². The predicted molar refractivity (Wildman–Crippen MR) is 150 cm³/mol. The molecule has 214 valence electrons. The molecule has 0 aromatic heterocycles. The molecule has 5 rings (SSSR count). The summed E-state index contributed by atoms with van der Waals surface area (Å²) < 4.78 is 20.1. The molecule has 2 aliphatic heterocycles. The Bertz CT molecular complexity index is 1280. The standard InChI is InChI=1S/C11H9NO3.C10H14ClNO3.C7H7ClO2/c13-10-8-3-1-2-4-9(8)11(14)12(10)5-7-6-15-7;1-14-8-2-3-10(9(11)4-8)15-6-7(13)5-12;1-10-5-2-3-7(9)6(8)4-5/h1-4,7H,5-6H2;2-4,7,13H,5-6,12H2,1H3;2-4,9H,1H3/t2*7-;/m11./s1. The number of aliphatic hydroxyl groups excluding tert-OH is 1. The van der Waals surface area contributed by atoms with E-state index in [1.54, 1.807) is 68.8 Å². The number of nitrogens with two attached hydrogens (primary N) is 1. The van der Waals surface area contributed by atoms with Crippen LogP contribution in [0.25, 0.3) is 0 Å². The number of aliphatic hydroxyl groups is 1. The van der Waals surface area contributed by atoms with Crippen molar-refractivity contribution in [2.24, 2.45) is 5.73 Å². The van der Waals surface area contributed by atoms with E-state index in [-0.39, 0.29) is 36.8 Å². The van der Waals surface area contributed by atoms with E-state index in [1.807, 2.05) is 0 Å². The number of carbonyl (C=O) groups excluding carboxylic acids is 2. The Hall–Kier alpha value is -3.54. The van der Waals surface area contributed by atoms with Crippen molar-refractivity contribution >= 4 is 35.0 Å². The van der Waals surface area contributed by atoms with Gasteiger partial charge in [0.2, 0.25) is 0 Å². The second-order valence-corrected chi connectivity index (χ2v) is 9.35. The van der Waals surface area contributed by atoms with Crippen molar-refractivity contribution in [1.82, 2.24) is 4.90 Å². The summed E-state index contributed by atoms with van der Waals surface area (Å²) in [6.45, 7) is 1.32. The van der Waals surface area contributed by atoms with E-state index < -0.39 is 6.10 Å². The first-order chi connectivity index (χ1) is 19.2. The van der Waals surface area contributed by atoms with E-state index in [1.165, 1.54) is 11.0 Å². The average Bonchev–Trinajstić information content (AvgIpc) is 3.77. The molecular weight excluding hydrogens is 563 g/mol. The number of benzene rings is 3. The van der Waals surface area contributed by atoms with Gasteiger partial charge in [-0.15, -0.1) is 0 Å². The summed E-state index contributed by atoms with van der Waals surface area (Å²) in [7, 11) is 3.10. The number of nitrogens with zero attached hydrogens (tertiary/aromatic N) is 1. The first kappa shape index (κ1) is 31.0. The minimum absolute atomic E-state index is 0.0483. The zero-order chi connectivity index (χ0) is 29.2. The molecule has 2 aliphatic rings. The van der Waals surface area contributed by atoms with Crippen LogP contribution in [0.4, 0.5) is 0 Å². The minimum atomic E-state index is -0.678. The van der Waals surface area contributed by atoms with Crippen LogP contribution in [0.5, 0.6) is 23.0 Å². The van der Waals surface area contributed by atoms with E-state index in [0.29, 0.717) is 51.6 Å². The zero-order valence-electron chi connectivity index (χ0n) is 21.9. The van der Waals surface area contributed by atoms with Gasteiger partial charge in [0.1, 0.15) is 35.7 Å². The Balaban J connectivity index is 0.000000169. The van der Waals surface area contributed by atoms with Crippen LogP contribution >= 0.6 is 23.2 Å². The molecule has 0 unspecified atom stereocenters. The molecular formula is C28H30Cl2N2O8. The van der Waals surface area contributed by atoms with Gasteiger partial charge in [-0.3, -0.25) is 14.5 Å². The first-order valence-electron chi connectivity index (χ1n) is 12.1. The number of methoxy groups -OCH3 is 2. The molecule has 40 heavy (non-hydrogen) atoms. The van der Waals surface area contributed by atoms with Gasteiger partial charge in [-0.25, -0.2) is 0 Å². The Kier molecular flexibility index (Phi) is 11.4. The van der Waals surface area contributed by atoms with E-state index in [9.17, 15) is 14.7 Å². The van der Waals surface area contributed by atoms with Gasteiger partial charge in [-0.1, -0.05) is 35.3 Å². The highest BCUT2D eigenvalue weighted by atomic mass is 35.5. The molecule has 2 atom stereocenters. The van der Waals surface area contributed by atoms with Gasteiger partial charge in [0, 0.05) is 18.7 Å². The third-order valence-electron chi connectivity index (χ3n) is 5.66. The lowest BCUT2D eigenvalue weighted by Gasteiger charge is -2.11. The molecule has 12 heteroatoms. The fourth-order valence-corrected chi connectivity index (χ4v) is 3.77. The lowest BCUT2D eigenvalue weighted by molar-refractivity contribution is 0.0642. The number of halogens is 2. The summed E-state index contributed by atoms with van der Waals surface area (Å²) in [6.07, 6.45) is -0.629. The number of amides is 2. The number of phenolic OH excluding ortho intramolecular Hbond substituents is 1. The second-order valence-electron chi connectivity index (χ2n) is 8.54. The van der Waals surface area contributed by atoms with E-state index in [2.05, 4.69) is 0 Å². The molecule has 0 bridgehead atoms. The molecule has 1 fully saturated rings. The molecule has 10 nitrogen and oxygen atoms in total. The number of ether oxygens (including phenoxy) is 4. The molecule has 2 amide bonds. The maximum Gasteiger partial charge on any atom is 0.261 e. The van der Waals surface area contributed by atoms with Gasteiger partial charge in [-0.05, 0) is 36.4 Å². The molecule has 3 aromatic carbocycles. The van der Waals surface area contributed by atoms with Crippen molar-refractivity contribution in [2.45, 2.75) is 12.2 Å². The van der Waals surface area contributed by atoms with Crippen LogP contribution in [0.1, 0.15) is 20.7 Å². The Morgan fingerprint density at radius 3 is 2.00 bits per heavy atom. The highest BCUT2D eigenvalue weighted by molar-refractivity contribution is 6.32.